The van der Waals surface area contributed by atoms with Gasteiger partial charge >= 0.3 is 12.4 Å². The molecular formula is C33H27ClF6N2O6. The van der Waals surface area contributed by atoms with Gasteiger partial charge in [-0.2, -0.15) is 26.3 Å². The van der Waals surface area contributed by atoms with E-state index in [1.807, 2.05) is 0 Å². The fourth-order valence-electron chi connectivity index (χ4n) is 5.63. The molecule has 1 saturated heterocycles. The van der Waals surface area contributed by atoms with Gasteiger partial charge in [0, 0.05) is 41.3 Å². The van der Waals surface area contributed by atoms with Gasteiger partial charge in [-0.1, -0.05) is 23.7 Å². The van der Waals surface area contributed by atoms with Gasteiger partial charge in [-0.25, -0.2) is 0 Å². The average molecular weight is 697 g/mol. The number of carbonyl (C=O) groups excluding carboxylic acids is 2. The highest BCUT2D eigenvalue weighted by Gasteiger charge is 2.39. The number of methoxy groups -OCH3 is 2. The number of hydrogen-bond acceptors (Lipinski definition) is 6. The number of ether oxygens (including phenoxy) is 2. The Bertz CT molecular complexity index is 1880. The minimum absolute atomic E-state index is 0.0402. The van der Waals surface area contributed by atoms with Crippen LogP contribution in [0.1, 0.15) is 50.4 Å². The number of piperidine rings is 1. The third-order valence-corrected chi connectivity index (χ3v) is 8.24. The Labute approximate surface area is 274 Å². The summed E-state index contributed by atoms with van der Waals surface area (Å²) in [7, 11) is 2.78. The maximum absolute atomic E-state index is 13.6. The summed E-state index contributed by atoms with van der Waals surface area (Å²) < 4.78 is 97.5. The van der Waals surface area contributed by atoms with E-state index in [4.69, 9.17) is 25.5 Å². The number of benzene rings is 3. The van der Waals surface area contributed by atoms with Gasteiger partial charge in [-0.3, -0.25) is 14.4 Å². The second-order valence-corrected chi connectivity index (χ2v) is 11.6. The van der Waals surface area contributed by atoms with Crippen LogP contribution in [0.25, 0.3) is 11.0 Å². The molecule has 0 saturated carbocycles. The summed E-state index contributed by atoms with van der Waals surface area (Å²) in [4.78, 5) is 41.0. The standard InChI is InChI=1S/C33H27ClF6N2O6/c1-46-27-14-24-25(43)15-29(48-26(24)16-28(27)47-2)30(44)41-22-7-8-42(23(13-22)9-17-3-5-21(34)6-4-17)31(45)18-10-19(32(35,36)37)12-20(11-18)33(38,39)40/h3-6,10-12,14-16,22-23H,7-9,13H2,1-2H3,(H,41,44). The van der Waals surface area contributed by atoms with Crippen molar-refractivity contribution in [3.05, 3.63) is 104 Å². The van der Waals surface area contributed by atoms with Gasteiger partial charge in [-0.05, 0) is 61.2 Å². The predicted octanol–water partition coefficient (Wildman–Crippen LogP) is 7.15. The normalized spacial score (nSPS) is 16.9. The first-order chi connectivity index (χ1) is 22.6. The van der Waals surface area contributed by atoms with E-state index in [0.29, 0.717) is 22.7 Å². The van der Waals surface area contributed by atoms with Crippen LogP contribution in [0.4, 0.5) is 26.3 Å². The minimum Gasteiger partial charge on any atom is -0.493 e. The highest BCUT2D eigenvalue weighted by Crippen LogP contribution is 2.37. The fraction of sp³-hybridized carbons (Fsp3) is 0.303. The lowest BCUT2D eigenvalue weighted by Gasteiger charge is -2.40. The van der Waals surface area contributed by atoms with Crippen molar-refractivity contribution in [1.82, 2.24) is 10.2 Å². The quantitative estimate of drug-likeness (QED) is 0.206. The molecule has 0 aliphatic carbocycles. The lowest BCUT2D eigenvalue weighted by Crippen LogP contribution is -2.52. The number of amides is 2. The van der Waals surface area contributed by atoms with E-state index in [9.17, 15) is 40.7 Å². The molecular weight excluding hydrogens is 670 g/mol. The Morgan fingerprint density at radius 1 is 0.917 bits per heavy atom. The molecule has 8 nitrogen and oxygen atoms in total. The monoisotopic (exact) mass is 696 g/mol. The lowest BCUT2D eigenvalue weighted by atomic mass is 9.91. The number of likely N-dealkylation sites (tertiary alicyclic amines) is 1. The van der Waals surface area contributed by atoms with Crippen molar-refractivity contribution in [2.24, 2.45) is 0 Å². The van der Waals surface area contributed by atoms with Crippen molar-refractivity contribution in [3.8, 4) is 11.5 Å². The summed E-state index contributed by atoms with van der Waals surface area (Å²) in [5, 5.41) is 3.35. The summed E-state index contributed by atoms with van der Waals surface area (Å²) in [6, 6.07) is 9.75. The van der Waals surface area contributed by atoms with E-state index in [2.05, 4.69) is 5.32 Å². The molecule has 4 aromatic rings. The molecule has 1 aliphatic heterocycles. The molecule has 0 bridgehead atoms. The number of fused-ring (bicyclic) bond motifs is 1. The van der Waals surface area contributed by atoms with Crippen LogP contribution in [0.15, 0.2) is 69.9 Å². The second-order valence-electron chi connectivity index (χ2n) is 11.2. The number of alkyl halides is 6. The van der Waals surface area contributed by atoms with Crippen LogP contribution in [0.5, 0.6) is 11.5 Å². The Hall–Kier alpha value is -4.72. The number of carbonyl (C=O) groups is 2. The zero-order chi connectivity index (χ0) is 35.0. The molecule has 2 unspecified atom stereocenters. The van der Waals surface area contributed by atoms with E-state index in [0.717, 1.165) is 6.07 Å². The summed E-state index contributed by atoms with van der Waals surface area (Å²) >= 11 is 5.99. The predicted molar refractivity (Wildman–Crippen MR) is 163 cm³/mol. The molecule has 2 heterocycles. The smallest absolute Gasteiger partial charge is 0.416 e. The molecule has 15 heteroatoms. The van der Waals surface area contributed by atoms with Crippen molar-refractivity contribution in [2.75, 3.05) is 20.8 Å². The van der Waals surface area contributed by atoms with Gasteiger partial charge in [0.2, 0.25) is 0 Å². The van der Waals surface area contributed by atoms with Gasteiger partial charge < -0.3 is 24.1 Å². The number of hydrogen-bond donors (Lipinski definition) is 1. The number of nitrogens with zero attached hydrogens (tertiary/aromatic N) is 1. The van der Waals surface area contributed by atoms with Crippen LogP contribution in [0.3, 0.4) is 0 Å². The molecule has 2 amide bonds. The van der Waals surface area contributed by atoms with E-state index in [1.165, 1.54) is 31.3 Å². The number of nitrogens with one attached hydrogen (secondary N) is 1. The van der Waals surface area contributed by atoms with Crippen LogP contribution in [0, 0.1) is 0 Å². The molecule has 1 fully saturated rings. The molecule has 0 spiro atoms. The molecule has 1 N–H and O–H groups in total. The maximum Gasteiger partial charge on any atom is 0.416 e. The first-order valence-corrected chi connectivity index (χ1v) is 14.8. The summed E-state index contributed by atoms with van der Waals surface area (Å²) in [5.74, 6) is -1.54. The van der Waals surface area contributed by atoms with Crippen molar-refractivity contribution in [1.29, 1.82) is 0 Å². The Morgan fingerprint density at radius 2 is 1.52 bits per heavy atom. The van der Waals surface area contributed by atoms with Crippen LogP contribution in [-0.2, 0) is 18.8 Å². The highest BCUT2D eigenvalue weighted by atomic mass is 35.5. The molecule has 1 aromatic heterocycles. The third-order valence-electron chi connectivity index (χ3n) is 7.99. The van der Waals surface area contributed by atoms with E-state index in [-0.39, 0.29) is 60.1 Å². The maximum atomic E-state index is 13.6. The molecule has 5 rings (SSSR count). The van der Waals surface area contributed by atoms with E-state index >= 15 is 0 Å². The third kappa shape index (κ3) is 7.53. The van der Waals surface area contributed by atoms with Crippen molar-refractivity contribution in [2.45, 2.75) is 43.7 Å². The Morgan fingerprint density at radius 3 is 2.10 bits per heavy atom. The minimum atomic E-state index is -5.13. The van der Waals surface area contributed by atoms with Crippen molar-refractivity contribution >= 4 is 34.4 Å². The highest BCUT2D eigenvalue weighted by molar-refractivity contribution is 6.30. The molecule has 2 atom stereocenters. The zero-order valence-corrected chi connectivity index (χ0v) is 26.1. The molecule has 48 heavy (non-hydrogen) atoms. The van der Waals surface area contributed by atoms with E-state index < -0.39 is 58.4 Å². The average Bonchev–Trinajstić information content (AvgIpc) is 3.04. The van der Waals surface area contributed by atoms with Crippen LogP contribution in [-0.4, -0.2) is 49.6 Å². The SMILES string of the molecule is COc1cc2oc(C(=O)NC3CCN(C(=O)c4cc(C(F)(F)F)cc(C(F)(F)F)c4)C(Cc4ccc(Cl)cc4)C3)cc(=O)c2cc1OC. The van der Waals surface area contributed by atoms with E-state index in [1.54, 1.807) is 24.3 Å². The van der Waals surface area contributed by atoms with Crippen LogP contribution < -0.4 is 20.2 Å². The second kappa shape index (κ2) is 13.4. The van der Waals surface area contributed by atoms with Gasteiger partial charge in [0.1, 0.15) is 5.58 Å². The van der Waals surface area contributed by atoms with Crippen LogP contribution >= 0.6 is 11.6 Å². The largest absolute Gasteiger partial charge is 0.493 e. The van der Waals surface area contributed by atoms with Gasteiger partial charge in [0.15, 0.2) is 22.7 Å². The molecule has 3 aromatic carbocycles. The van der Waals surface area contributed by atoms with Gasteiger partial charge in [0.05, 0.1) is 30.7 Å². The lowest BCUT2D eigenvalue weighted by molar-refractivity contribution is -0.143. The first kappa shape index (κ1) is 34.6. The van der Waals surface area contributed by atoms with Crippen LogP contribution in [0.2, 0.25) is 5.02 Å². The summed E-state index contributed by atoms with van der Waals surface area (Å²) in [6.45, 7) is -0.113. The number of rotatable bonds is 7. The molecule has 254 valence electrons. The fourth-order valence-corrected chi connectivity index (χ4v) is 5.76. The summed E-state index contributed by atoms with van der Waals surface area (Å²) in [5.41, 5.74) is -3.77. The van der Waals surface area contributed by atoms with Crippen molar-refractivity contribution < 1.29 is 49.8 Å². The first-order valence-electron chi connectivity index (χ1n) is 14.4. The topological polar surface area (TPSA) is 98.1 Å². The van der Waals surface area contributed by atoms with Gasteiger partial charge in [-0.15, -0.1) is 0 Å². The summed E-state index contributed by atoms with van der Waals surface area (Å²) in [6.07, 6.45) is -9.94. The van der Waals surface area contributed by atoms with Gasteiger partial charge in [0.25, 0.3) is 11.8 Å². The van der Waals surface area contributed by atoms with Crippen molar-refractivity contribution in [3.63, 3.8) is 0 Å². The molecule has 1 aliphatic rings. The Kier molecular flexibility index (Phi) is 9.67. The Balaban J connectivity index is 1.43. The molecule has 0 radical (unpaired) electrons. The zero-order valence-electron chi connectivity index (χ0n) is 25.3. The number of halogens is 7.